The van der Waals surface area contributed by atoms with Crippen molar-refractivity contribution in [2.75, 3.05) is 11.9 Å². The monoisotopic (exact) mass is 319 g/mol. The van der Waals surface area contributed by atoms with Crippen LogP contribution in [0.5, 0.6) is 0 Å². The predicted octanol–water partition coefficient (Wildman–Crippen LogP) is 2.96. The Kier molecular flexibility index (Phi) is 4.77. The van der Waals surface area contributed by atoms with E-state index in [1.54, 1.807) is 0 Å². The Hall–Kier alpha value is -1.06. The zero-order chi connectivity index (χ0) is 12.0. The molecule has 0 aliphatic carbocycles. The molecule has 82 valence electrons. The van der Waals surface area contributed by atoms with Crippen molar-refractivity contribution in [2.24, 2.45) is 0 Å². The van der Waals surface area contributed by atoms with Gasteiger partial charge < -0.3 is 0 Å². The summed E-state index contributed by atoms with van der Waals surface area (Å²) in [5.41, 5.74) is 1.09. The van der Waals surface area contributed by atoms with Crippen LogP contribution in [-0.4, -0.2) is 25.4 Å². The van der Waals surface area contributed by atoms with Crippen LogP contribution < -0.4 is 4.90 Å². The van der Waals surface area contributed by atoms with E-state index in [9.17, 15) is 0 Å². The van der Waals surface area contributed by atoms with Crippen LogP contribution in [-0.2, 0) is 0 Å². The zero-order valence-corrected chi connectivity index (χ0v) is 13.2. The minimum atomic E-state index is -1.96. The Morgan fingerprint density at radius 3 is 2.19 bits per heavy atom. The van der Waals surface area contributed by atoms with Crippen LogP contribution in [0.4, 0.5) is 5.69 Å². The standard InChI is InChI=1S/C11H8N.3CH3.Sn/c1-3-4-10-12(2)11-8-6-5-7-9-11;;;;/h5-9H,2H3;3*1H3;. The van der Waals surface area contributed by atoms with E-state index in [1.165, 1.54) is 0 Å². The van der Waals surface area contributed by atoms with Gasteiger partial charge >= 0.3 is 103 Å². The summed E-state index contributed by atoms with van der Waals surface area (Å²) in [4.78, 5) is 8.74. The van der Waals surface area contributed by atoms with Crippen molar-refractivity contribution < 1.29 is 0 Å². The number of rotatable bonds is 1. The number of nitrogens with zero attached hydrogens (tertiary/aromatic N) is 1. The van der Waals surface area contributed by atoms with E-state index in [4.69, 9.17) is 0 Å². The first-order valence-electron chi connectivity index (χ1n) is 5.31. The van der Waals surface area contributed by atoms with Gasteiger partial charge in [0.15, 0.2) is 0 Å². The fraction of sp³-hybridized carbons (Fsp3) is 0.286. The van der Waals surface area contributed by atoms with Crippen molar-refractivity contribution >= 4 is 24.1 Å². The Morgan fingerprint density at radius 1 is 1.00 bits per heavy atom. The van der Waals surface area contributed by atoms with Gasteiger partial charge in [0, 0.05) is 0 Å². The summed E-state index contributed by atoms with van der Waals surface area (Å²) < 4.78 is 3.29. The van der Waals surface area contributed by atoms with Crippen molar-refractivity contribution in [3.63, 3.8) is 0 Å². The second kappa shape index (κ2) is 5.87. The summed E-state index contributed by atoms with van der Waals surface area (Å²) in [6.45, 7) is 0. The van der Waals surface area contributed by atoms with E-state index in [0.29, 0.717) is 0 Å². The van der Waals surface area contributed by atoms with Gasteiger partial charge in [-0.1, -0.05) is 0 Å². The fourth-order valence-electron chi connectivity index (χ4n) is 1.05. The summed E-state index contributed by atoms with van der Waals surface area (Å²) >= 11 is -1.96. The summed E-state index contributed by atoms with van der Waals surface area (Å²) in [5.74, 6) is 5.87. The van der Waals surface area contributed by atoms with Crippen LogP contribution in [0.1, 0.15) is 0 Å². The van der Waals surface area contributed by atoms with Crippen LogP contribution in [0.2, 0.25) is 14.8 Å². The second-order valence-corrected chi connectivity index (χ2v) is 18.2. The van der Waals surface area contributed by atoms with Crippen LogP contribution in [0.25, 0.3) is 0 Å². The van der Waals surface area contributed by atoms with Gasteiger partial charge in [-0.2, -0.15) is 0 Å². The first-order chi connectivity index (χ1) is 7.49. The van der Waals surface area contributed by atoms with Crippen molar-refractivity contribution in [3.05, 3.63) is 30.3 Å². The van der Waals surface area contributed by atoms with E-state index in [0.717, 1.165) is 5.69 Å². The molecule has 0 fully saturated rings. The summed E-state index contributed by atoms with van der Waals surface area (Å²) in [6.07, 6.45) is 0. The Bertz CT molecular complexity index is 449. The van der Waals surface area contributed by atoms with Gasteiger partial charge in [-0.05, 0) is 0 Å². The molecule has 0 aliphatic rings. The summed E-state index contributed by atoms with van der Waals surface area (Å²) in [7, 11) is 1.95. The molecule has 0 radical (unpaired) electrons. The molecule has 1 aromatic carbocycles. The van der Waals surface area contributed by atoms with E-state index >= 15 is 0 Å². The Morgan fingerprint density at radius 2 is 1.62 bits per heavy atom. The van der Waals surface area contributed by atoms with Crippen LogP contribution in [0.15, 0.2) is 30.3 Å². The third kappa shape index (κ3) is 5.14. The second-order valence-electron chi connectivity index (χ2n) is 4.63. The van der Waals surface area contributed by atoms with Gasteiger partial charge in [-0.15, -0.1) is 0 Å². The zero-order valence-electron chi connectivity index (χ0n) is 10.3. The first kappa shape index (κ1) is 13.0. The number of benzene rings is 1. The third-order valence-electron chi connectivity index (χ3n) is 1.87. The molecule has 0 N–H and O–H groups in total. The van der Waals surface area contributed by atoms with Gasteiger partial charge in [0.2, 0.25) is 0 Å². The average molecular weight is 318 g/mol. The van der Waals surface area contributed by atoms with Crippen LogP contribution in [0, 0.1) is 21.8 Å². The third-order valence-corrected chi connectivity index (χ3v) is 4.36. The Labute approximate surface area is 103 Å². The van der Waals surface area contributed by atoms with Gasteiger partial charge in [0.25, 0.3) is 0 Å². The molecule has 0 spiro atoms. The molecule has 0 amide bonds. The molecule has 0 unspecified atom stereocenters. The molecule has 1 aromatic rings. The number of anilines is 1. The first-order valence-corrected chi connectivity index (χ1v) is 15.3. The topological polar surface area (TPSA) is 3.24 Å². The molecule has 0 saturated carbocycles. The SMILES string of the molecule is CN(C#CC#[C][Sn]([CH3])([CH3])[CH3])c1ccccc1. The number of para-hydroxylation sites is 1. The van der Waals surface area contributed by atoms with Gasteiger partial charge in [0.1, 0.15) is 0 Å². The molecule has 0 aromatic heterocycles. The molecule has 1 rings (SSSR count). The quantitative estimate of drug-likeness (QED) is 0.437. The maximum absolute atomic E-state index is 3.29. The van der Waals surface area contributed by atoms with Gasteiger partial charge in [-0.3, -0.25) is 0 Å². The van der Waals surface area contributed by atoms with Crippen molar-refractivity contribution in [2.45, 2.75) is 14.8 Å². The van der Waals surface area contributed by atoms with E-state index in [1.807, 2.05) is 42.3 Å². The molecule has 0 bridgehead atoms. The summed E-state index contributed by atoms with van der Waals surface area (Å²) in [6, 6.07) is 13.1. The van der Waals surface area contributed by atoms with E-state index < -0.39 is 18.4 Å². The molecular formula is C14H17NSn. The molecule has 2 heteroatoms. The van der Waals surface area contributed by atoms with Crippen molar-refractivity contribution in [3.8, 4) is 21.8 Å². The number of hydrogen-bond acceptors (Lipinski definition) is 1. The summed E-state index contributed by atoms with van der Waals surface area (Å²) in [5, 5.41) is 0. The molecule has 0 aliphatic heterocycles. The van der Waals surface area contributed by atoms with E-state index in [2.05, 4.69) is 36.6 Å². The predicted molar refractivity (Wildman–Crippen MR) is 73.7 cm³/mol. The van der Waals surface area contributed by atoms with Gasteiger partial charge in [0.05, 0.1) is 0 Å². The minimum absolute atomic E-state index is 1.09. The van der Waals surface area contributed by atoms with Crippen LogP contribution in [0.3, 0.4) is 0 Å². The molecule has 16 heavy (non-hydrogen) atoms. The van der Waals surface area contributed by atoms with Gasteiger partial charge in [-0.25, -0.2) is 0 Å². The molecule has 1 nitrogen and oxygen atoms in total. The maximum atomic E-state index is 3.29. The molecule has 0 heterocycles. The molecule has 0 saturated heterocycles. The molecule has 0 atom stereocenters. The van der Waals surface area contributed by atoms with Crippen molar-refractivity contribution in [1.29, 1.82) is 0 Å². The normalized spacial score (nSPS) is 9.50. The van der Waals surface area contributed by atoms with E-state index in [-0.39, 0.29) is 0 Å². The average Bonchev–Trinajstić information content (AvgIpc) is 2.24. The number of hydrogen-bond donors (Lipinski definition) is 0. The van der Waals surface area contributed by atoms with Crippen LogP contribution >= 0.6 is 0 Å². The van der Waals surface area contributed by atoms with Crippen molar-refractivity contribution in [1.82, 2.24) is 0 Å². The fourth-order valence-corrected chi connectivity index (χ4v) is 2.30. The Balaban J connectivity index is 2.69. The molecular weight excluding hydrogens is 301 g/mol.